The average molecular weight is 430 g/mol. The summed E-state index contributed by atoms with van der Waals surface area (Å²) in [6.07, 6.45) is 3.72. The number of hydrogen-bond donors (Lipinski definition) is 3. The minimum absolute atomic E-state index is 0.0721. The molecule has 0 aliphatic rings. The number of halogens is 1. The second kappa shape index (κ2) is 11.7. The zero-order chi connectivity index (χ0) is 21.9. The Balaban J connectivity index is 1.75. The SMILES string of the molecule is CCC(C)c1ccccc1OCC(=O)NNC(=S)NC(=O)C=Cc1ccc(F)cc1. The third kappa shape index (κ3) is 7.63. The molecule has 1 unspecified atom stereocenters. The third-order valence-corrected chi connectivity index (χ3v) is 4.47. The Hall–Kier alpha value is -3.26. The van der Waals surface area contributed by atoms with Gasteiger partial charge < -0.3 is 4.74 Å². The van der Waals surface area contributed by atoms with E-state index in [9.17, 15) is 14.0 Å². The predicted octanol–water partition coefficient (Wildman–Crippen LogP) is 3.45. The van der Waals surface area contributed by atoms with Crippen molar-refractivity contribution in [3.63, 3.8) is 0 Å². The first-order valence-corrected chi connectivity index (χ1v) is 9.85. The molecule has 158 valence electrons. The summed E-state index contributed by atoms with van der Waals surface area (Å²) in [5.74, 6) is -0.334. The van der Waals surface area contributed by atoms with Gasteiger partial charge in [0.15, 0.2) is 11.7 Å². The van der Waals surface area contributed by atoms with Crippen molar-refractivity contribution in [1.29, 1.82) is 0 Å². The largest absolute Gasteiger partial charge is 0.483 e. The van der Waals surface area contributed by atoms with E-state index in [0.717, 1.165) is 12.0 Å². The first kappa shape index (κ1) is 23.0. The van der Waals surface area contributed by atoms with Crippen LogP contribution in [0.5, 0.6) is 5.75 Å². The first-order valence-electron chi connectivity index (χ1n) is 9.44. The van der Waals surface area contributed by atoms with Crippen molar-refractivity contribution in [2.75, 3.05) is 6.61 Å². The summed E-state index contributed by atoms with van der Waals surface area (Å²) >= 11 is 4.96. The molecule has 6 nitrogen and oxygen atoms in total. The van der Waals surface area contributed by atoms with Gasteiger partial charge in [0.2, 0.25) is 5.91 Å². The molecule has 8 heteroatoms. The van der Waals surface area contributed by atoms with Gasteiger partial charge in [0.05, 0.1) is 0 Å². The van der Waals surface area contributed by atoms with Crippen molar-refractivity contribution in [2.45, 2.75) is 26.2 Å². The zero-order valence-electron chi connectivity index (χ0n) is 16.8. The highest BCUT2D eigenvalue weighted by Crippen LogP contribution is 2.28. The van der Waals surface area contributed by atoms with Gasteiger partial charge in [-0.2, -0.15) is 0 Å². The lowest BCUT2D eigenvalue weighted by atomic mass is 9.98. The van der Waals surface area contributed by atoms with Gasteiger partial charge in [-0.05, 0) is 60.0 Å². The first-order chi connectivity index (χ1) is 14.4. The number of thiocarbonyl (C=S) groups is 1. The van der Waals surface area contributed by atoms with E-state index in [-0.39, 0.29) is 17.5 Å². The average Bonchev–Trinajstić information content (AvgIpc) is 2.75. The van der Waals surface area contributed by atoms with Crippen molar-refractivity contribution < 1.29 is 18.7 Å². The highest BCUT2D eigenvalue weighted by atomic mass is 32.1. The lowest BCUT2D eigenvalue weighted by Crippen LogP contribution is -2.49. The summed E-state index contributed by atoms with van der Waals surface area (Å²) in [5, 5.41) is 2.32. The second-order valence-corrected chi connectivity index (χ2v) is 6.92. The molecule has 0 saturated carbocycles. The summed E-state index contributed by atoms with van der Waals surface area (Å²) < 4.78 is 18.5. The van der Waals surface area contributed by atoms with Gasteiger partial charge in [-0.3, -0.25) is 25.8 Å². The number of hydrazine groups is 1. The molecule has 1 atom stereocenters. The number of benzene rings is 2. The van der Waals surface area contributed by atoms with Crippen molar-refractivity contribution in [2.24, 2.45) is 0 Å². The van der Waals surface area contributed by atoms with Gasteiger partial charge in [-0.25, -0.2) is 4.39 Å². The summed E-state index contributed by atoms with van der Waals surface area (Å²) in [6, 6.07) is 13.2. The number of nitrogens with one attached hydrogen (secondary N) is 3. The molecule has 2 aromatic rings. The Labute approximate surface area is 180 Å². The number of carbonyl (C=O) groups is 2. The molecular formula is C22H24FN3O3S. The molecule has 0 bridgehead atoms. The number of ether oxygens (including phenoxy) is 1. The van der Waals surface area contributed by atoms with Crippen LogP contribution in [0.3, 0.4) is 0 Å². The topological polar surface area (TPSA) is 79.5 Å². The minimum atomic E-state index is -0.496. The van der Waals surface area contributed by atoms with Gasteiger partial charge in [0.1, 0.15) is 11.6 Å². The minimum Gasteiger partial charge on any atom is -0.483 e. The van der Waals surface area contributed by atoms with Gasteiger partial charge in [-0.15, -0.1) is 0 Å². The van der Waals surface area contributed by atoms with E-state index in [1.54, 1.807) is 0 Å². The fraction of sp³-hybridized carbons (Fsp3) is 0.227. The van der Waals surface area contributed by atoms with Crippen LogP contribution < -0.4 is 20.9 Å². The molecule has 3 N–H and O–H groups in total. The van der Waals surface area contributed by atoms with Gasteiger partial charge in [0, 0.05) is 6.08 Å². The molecule has 0 spiro atoms. The lowest BCUT2D eigenvalue weighted by molar-refractivity contribution is -0.123. The van der Waals surface area contributed by atoms with Crippen LogP contribution in [-0.4, -0.2) is 23.5 Å². The maximum atomic E-state index is 12.9. The van der Waals surface area contributed by atoms with Crippen LogP contribution >= 0.6 is 12.2 Å². The Morgan fingerprint density at radius 3 is 2.53 bits per heavy atom. The molecule has 0 fully saturated rings. The monoisotopic (exact) mass is 429 g/mol. The Kier molecular flexibility index (Phi) is 8.96. The van der Waals surface area contributed by atoms with E-state index in [2.05, 4.69) is 30.0 Å². The molecule has 0 heterocycles. The highest BCUT2D eigenvalue weighted by Gasteiger charge is 2.11. The molecule has 0 radical (unpaired) electrons. The molecule has 0 aliphatic carbocycles. The number of para-hydroxylation sites is 1. The molecular weight excluding hydrogens is 405 g/mol. The second-order valence-electron chi connectivity index (χ2n) is 6.51. The molecule has 2 amide bonds. The number of rotatable bonds is 7. The quantitative estimate of drug-likeness (QED) is 0.357. The van der Waals surface area contributed by atoms with Crippen LogP contribution in [0, 0.1) is 5.82 Å². The van der Waals surface area contributed by atoms with Crippen LogP contribution in [0.1, 0.15) is 37.3 Å². The molecule has 2 aromatic carbocycles. The standard InChI is InChI=1S/C22H24FN3O3S/c1-3-15(2)18-6-4-5-7-19(18)29-14-21(28)25-26-22(30)24-20(27)13-10-16-8-11-17(23)12-9-16/h4-13,15H,3,14H2,1-2H3,(H,25,28)(H2,24,26,27,30). The van der Waals surface area contributed by atoms with Crippen molar-refractivity contribution in [3.8, 4) is 5.75 Å². The summed E-state index contributed by atoms with van der Waals surface area (Å²) in [6.45, 7) is 3.97. The van der Waals surface area contributed by atoms with Gasteiger partial charge >= 0.3 is 0 Å². The Morgan fingerprint density at radius 2 is 1.83 bits per heavy atom. The molecule has 0 aromatic heterocycles. The van der Waals surface area contributed by atoms with Crippen LogP contribution in [0.4, 0.5) is 4.39 Å². The fourth-order valence-electron chi connectivity index (χ4n) is 2.48. The van der Waals surface area contributed by atoms with Gasteiger partial charge in [0.25, 0.3) is 5.91 Å². The summed E-state index contributed by atoms with van der Waals surface area (Å²) in [4.78, 5) is 23.8. The van der Waals surface area contributed by atoms with E-state index in [1.165, 1.54) is 36.4 Å². The number of hydrogen-bond acceptors (Lipinski definition) is 4. The molecule has 30 heavy (non-hydrogen) atoms. The lowest BCUT2D eigenvalue weighted by Gasteiger charge is -2.16. The zero-order valence-corrected chi connectivity index (χ0v) is 17.6. The Bertz CT molecular complexity index is 916. The number of amides is 2. The van der Waals surface area contributed by atoms with E-state index in [0.29, 0.717) is 17.2 Å². The predicted molar refractivity (Wildman–Crippen MR) is 118 cm³/mol. The third-order valence-electron chi connectivity index (χ3n) is 4.27. The van der Waals surface area contributed by atoms with Gasteiger partial charge in [-0.1, -0.05) is 44.2 Å². The highest BCUT2D eigenvalue weighted by molar-refractivity contribution is 7.80. The van der Waals surface area contributed by atoms with Crippen molar-refractivity contribution in [3.05, 3.63) is 71.6 Å². The van der Waals surface area contributed by atoms with E-state index in [1.807, 2.05) is 24.3 Å². The smallest absolute Gasteiger partial charge is 0.276 e. The van der Waals surface area contributed by atoms with Crippen LogP contribution in [0.15, 0.2) is 54.6 Å². The van der Waals surface area contributed by atoms with Crippen molar-refractivity contribution >= 4 is 35.2 Å². The number of carbonyl (C=O) groups excluding carboxylic acids is 2. The summed E-state index contributed by atoms with van der Waals surface area (Å²) in [7, 11) is 0. The maximum absolute atomic E-state index is 12.9. The van der Waals surface area contributed by atoms with Crippen molar-refractivity contribution in [1.82, 2.24) is 16.2 Å². The van der Waals surface area contributed by atoms with E-state index < -0.39 is 11.8 Å². The molecule has 0 aliphatic heterocycles. The maximum Gasteiger partial charge on any atom is 0.276 e. The Morgan fingerprint density at radius 1 is 1.13 bits per heavy atom. The molecule has 0 saturated heterocycles. The van der Waals surface area contributed by atoms with E-state index >= 15 is 0 Å². The summed E-state index contributed by atoms with van der Waals surface area (Å²) in [5.41, 5.74) is 6.50. The fourth-order valence-corrected chi connectivity index (χ4v) is 2.63. The van der Waals surface area contributed by atoms with Crippen LogP contribution in [0.2, 0.25) is 0 Å². The van der Waals surface area contributed by atoms with E-state index in [4.69, 9.17) is 17.0 Å². The van der Waals surface area contributed by atoms with Crippen LogP contribution in [0.25, 0.3) is 6.08 Å². The molecule has 2 rings (SSSR count). The van der Waals surface area contributed by atoms with Crippen LogP contribution in [-0.2, 0) is 9.59 Å². The normalized spacial score (nSPS) is 11.6.